The van der Waals surface area contributed by atoms with Crippen LogP contribution in [0.25, 0.3) is 0 Å². The molecule has 0 aromatic heterocycles. The highest BCUT2D eigenvalue weighted by Gasteiger charge is 2.34. The van der Waals surface area contributed by atoms with Gasteiger partial charge in [-0.3, -0.25) is 4.79 Å². The SMILES string of the molecule is CC1CCN(C(=O)[C@@H]2CNC[C@H]2C)C1. The molecule has 2 rings (SSSR count). The smallest absolute Gasteiger partial charge is 0.227 e. The topological polar surface area (TPSA) is 32.3 Å². The van der Waals surface area contributed by atoms with Crippen LogP contribution in [0.5, 0.6) is 0 Å². The van der Waals surface area contributed by atoms with E-state index in [2.05, 4.69) is 24.1 Å². The summed E-state index contributed by atoms with van der Waals surface area (Å²) >= 11 is 0. The number of carbonyl (C=O) groups excluding carboxylic acids is 1. The molecule has 1 N–H and O–H groups in total. The second-order valence-electron chi connectivity index (χ2n) is 4.92. The quantitative estimate of drug-likeness (QED) is 0.670. The van der Waals surface area contributed by atoms with Gasteiger partial charge in [0.25, 0.3) is 0 Å². The first kappa shape index (κ1) is 9.97. The van der Waals surface area contributed by atoms with E-state index in [1.807, 2.05) is 0 Å². The summed E-state index contributed by atoms with van der Waals surface area (Å²) in [5.41, 5.74) is 0. The molecule has 0 aliphatic carbocycles. The number of hydrogen-bond donors (Lipinski definition) is 1. The lowest BCUT2D eigenvalue weighted by Gasteiger charge is -2.22. The largest absolute Gasteiger partial charge is 0.342 e. The normalized spacial score (nSPS) is 37.9. The molecule has 0 aromatic carbocycles. The number of rotatable bonds is 1. The Hall–Kier alpha value is -0.570. The zero-order chi connectivity index (χ0) is 10.1. The second-order valence-corrected chi connectivity index (χ2v) is 4.92. The minimum Gasteiger partial charge on any atom is -0.342 e. The third-order valence-electron chi connectivity index (χ3n) is 3.57. The van der Waals surface area contributed by atoms with Gasteiger partial charge in [0.1, 0.15) is 0 Å². The van der Waals surface area contributed by atoms with Gasteiger partial charge in [-0.2, -0.15) is 0 Å². The fourth-order valence-corrected chi connectivity index (χ4v) is 2.51. The van der Waals surface area contributed by atoms with Gasteiger partial charge in [-0.25, -0.2) is 0 Å². The maximum Gasteiger partial charge on any atom is 0.227 e. The lowest BCUT2D eigenvalue weighted by atomic mass is 9.97. The van der Waals surface area contributed by atoms with E-state index in [9.17, 15) is 4.79 Å². The molecule has 1 amide bonds. The first-order chi connectivity index (χ1) is 6.68. The average Bonchev–Trinajstić information content (AvgIpc) is 2.73. The van der Waals surface area contributed by atoms with Crippen molar-refractivity contribution in [3.05, 3.63) is 0 Å². The van der Waals surface area contributed by atoms with E-state index in [4.69, 9.17) is 0 Å². The molecule has 0 aromatic rings. The molecule has 2 aliphatic heterocycles. The average molecular weight is 196 g/mol. The van der Waals surface area contributed by atoms with Crippen LogP contribution >= 0.6 is 0 Å². The van der Waals surface area contributed by atoms with Crippen LogP contribution in [0.3, 0.4) is 0 Å². The minimum absolute atomic E-state index is 0.236. The van der Waals surface area contributed by atoms with Crippen molar-refractivity contribution in [1.29, 1.82) is 0 Å². The Morgan fingerprint density at radius 3 is 2.64 bits per heavy atom. The minimum atomic E-state index is 0.236. The van der Waals surface area contributed by atoms with Crippen LogP contribution in [0.1, 0.15) is 20.3 Å². The maximum atomic E-state index is 12.1. The predicted octanol–water partition coefficient (Wildman–Crippen LogP) is 0.710. The molecule has 2 heterocycles. The molecule has 2 aliphatic rings. The molecule has 0 saturated carbocycles. The lowest BCUT2D eigenvalue weighted by molar-refractivity contribution is -0.135. The van der Waals surface area contributed by atoms with Gasteiger partial charge in [0, 0.05) is 19.6 Å². The molecule has 3 heteroatoms. The highest BCUT2D eigenvalue weighted by Crippen LogP contribution is 2.23. The summed E-state index contributed by atoms with van der Waals surface area (Å²) in [7, 11) is 0. The molecule has 14 heavy (non-hydrogen) atoms. The van der Waals surface area contributed by atoms with Crippen LogP contribution in [-0.2, 0) is 4.79 Å². The molecule has 0 spiro atoms. The molecule has 80 valence electrons. The Morgan fingerprint density at radius 2 is 2.14 bits per heavy atom. The number of nitrogens with one attached hydrogen (secondary N) is 1. The van der Waals surface area contributed by atoms with E-state index in [1.165, 1.54) is 6.42 Å². The molecule has 1 unspecified atom stereocenters. The summed E-state index contributed by atoms with van der Waals surface area (Å²) in [4.78, 5) is 14.1. The summed E-state index contributed by atoms with van der Waals surface area (Å²) in [6, 6.07) is 0. The number of amides is 1. The maximum absolute atomic E-state index is 12.1. The molecule has 3 nitrogen and oxygen atoms in total. The van der Waals surface area contributed by atoms with Crippen LogP contribution in [0.2, 0.25) is 0 Å². The molecule has 0 bridgehead atoms. The summed E-state index contributed by atoms with van der Waals surface area (Å²) in [5, 5.41) is 3.29. The Balaban J connectivity index is 1.94. The first-order valence-electron chi connectivity index (χ1n) is 5.68. The van der Waals surface area contributed by atoms with Crippen molar-refractivity contribution >= 4 is 5.91 Å². The van der Waals surface area contributed by atoms with Crippen molar-refractivity contribution in [2.24, 2.45) is 17.8 Å². The van der Waals surface area contributed by atoms with Gasteiger partial charge >= 0.3 is 0 Å². The Bertz CT molecular complexity index is 229. The molecular weight excluding hydrogens is 176 g/mol. The molecule has 3 atom stereocenters. The molecule has 0 radical (unpaired) electrons. The van der Waals surface area contributed by atoms with Crippen LogP contribution in [0.4, 0.5) is 0 Å². The number of hydrogen-bond acceptors (Lipinski definition) is 2. The van der Waals surface area contributed by atoms with Gasteiger partial charge in [0.2, 0.25) is 5.91 Å². The van der Waals surface area contributed by atoms with E-state index in [1.54, 1.807) is 0 Å². The summed E-state index contributed by atoms with van der Waals surface area (Å²) in [5.74, 6) is 1.83. The van der Waals surface area contributed by atoms with Gasteiger partial charge in [-0.15, -0.1) is 0 Å². The molecule has 2 fully saturated rings. The van der Waals surface area contributed by atoms with Crippen molar-refractivity contribution < 1.29 is 4.79 Å². The zero-order valence-electron chi connectivity index (χ0n) is 9.12. The highest BCUT2D eigenvalue weighted by atomic mass is 16.2. The van der Waals surface area contributed by atoms with Crippen LogP contribution in [0.15, 0.2) is 0 Å². The Morgan fingerprint density at radius 1 is 1.36 bits per heavy atom. The van der Waals surface area contributed by atoms with E-state index in [0.717, 1.165) is 26.2 Å². The Labute approximate surface area is 85.8 Å². The third kappa shape index (κ3) is 1.78. The van der Waals surface area contributed by atoms with E-state index in [-0.39, 0.29) is 5.92 Å². The summed E-state index contributed by atoms with van der Waals surface area (Å²) in [6.07, 6.45) is 1.18. The fourth-order valence-electron chi connectivity index (χ4n) is 2.51. The number of likely N-dealkylation sites (tertiary alicyclic amines) is 1. The standard InChI is InChI=1S/C11H20N2O/c1-8-3-4-13(7-8)11(14)10-6-12-5-9(10)2/h8-10,12H,3-7H2,1-2H3/t8?,9-,10-/m1/s1. The fraction of sp³-hybridized carbons (Fsp3) is 0.909. The van der Waals surface area contributed by atoms with Crippen LogP contribution < -0.4 is 5.32 Å². The van der Waals surface area contributed by atoms with Crippen LogP contribution in [0, 0.1) is 17.8 Å². The molecule has 2 saturated heterocycles. The third-order valence-corrected chi connectivity index (χ3v) is 3.57. The summed E-state index contributed by atoms with van der Waals surface area (Å²) in [6.45, 7) is 8.22. The van der Waals surface area contributed by atoms with Crippen molar-refractivity contribution in [2.75, 3.05) is 26.2 Å². The van der Waals surface area contributed by atoms with Gasteiger partial charge in [-0.1, -0.05) is 13.8 Å². The van der Waals surface area contributed by atoms with Crippen molar-refractivity contribution in [3.8, 4) is 0 Å². The monoisotopic (exact) mass is 196 g/mol. The van der Waals surface area contributed by atoms with Crippen molar-refractivity contribution in [2.45, 2.75) is 20.3 Å². The summed E-state index contributed by atoms with van der Waals surface area (Å²) < 4.78 is 0. The van der Waals surface area contributed by atoms with E-state index in [0.29, 0.717) is 17.7 Å². The second kappa shape index (κ2) is 3.89. The number of carbonyl (C=O) groups is 1. The van der Waals surface area contributed by atoms with Gasteiger partial charge in [-0.05, 0) is 24.8 Å². The molecular formula is C11H20N2O. The van der Waals surface area contributed by atoms with Gasteiger partial charge < -0.3 is 10.2 Å². The van der Waals surface area contributed by atoms with E-state index < -0.39 is 0 Å². The van der Waals surface area contributed by atoms with Crippen LogP contribution in [-0.4, -0.2) is 37.0 Å². The van der Waals surface area contributed by atoms with Crippen molar-refractivity contribution in [3.63, 3.8) is 0 Å². The van der Waals surface area contributed by atoms with E-state index >= 15 is 0 Å². The first-order valence-corrected chi connectivity index (χ1v) is 5.68. The van der Waals surface area contributed by atoms with Crippen molar-refractivity contribution in [1.82, 2.24) is 10.2 Å². The number of nitrogens with zero attached hydrogens (tertiary/aromatic N) is 1. The Kier molecular flexibility index (Phi) is 2.77. The zero-order valence-corrected chi connectivity index (χ0v) is 9.12. The predicted molar refractivity (Wildman–Crippen MR) is 55.9 cm³/mol. The van der Waals surface area contributed by atoms with Gasteiger partial charge in [0.05, 0.1) is 5.92 Å². The highest BCUT2D eigenvalue weighted by molar-refractivity contribution is 5.80. The van der Waals surface area contributed by atoms with Gasteiger partial charge in [0.15, 0.2) is 0 Å². The lowest BCUT2D eigenvalue weighted by Crippen LogP contribution is -2.37.